The van der Waals surface area contributed by atoms with E-state index in [1.807, 2.05) is 6.92 Å². The summed E-state index contributed by atoms with van der Waals surface area (Å²) in [5.41, 5.74) is -0.756. The largest absolute Gasteiger partial charge is 0.493 e. The summed E-state index contributed by atoms with van der Waals surface area (Å²) < 4.78 is 129. The van der Waals surface area contributed by atoms with Gasteiger partial charge in [0.1, 0.15) is 17.1 Å². The molecule has 1 saturated carbocycles. The van der Waals surface area contributed by atoms with Crippen LogP contribution in [0.3, 0.4) is 0 Å². The Balaban J connectivity index is 2.04. The Hall–Kier alpha value is -3.63. The lowest BCUT2D eigenvalue weighted by Crippen LogP contribution is -2.60. The van der Waals surface area contributed by atoms with E-state index in [-0.39, 0.29) is 18.6 Å². The maximum atomic E-state index is 15.3. The maximum absolute atomic E-state index is 15.3. The van der Waals surface area contributed by atoms with Gasteiger partial charge in [0.15, 0.2) is 5.54 Å². The fourth-order valence-electron chi connectivity index (χ4n) is 4.56. The fraction of sp³-hybridized carbons (Fsp3) is 0.536. The number of rotatable bonds is 14. The number of nitrogens with zero attached hydrogens (tertiary/aromatic N) is 1. The van der Waals surface area contributed by atoms with Crippen molar-refractivity contribution < 1.29 is 53.5 Å². The molecule has 17 heteroatoms. The number of carbonyl (C=O) groups is 2. The molecular formula is C28H33F7N4O5S. The van der Waals surface area contributed by atoms with E-state index in [1.165, 1.54) is 6.21 Å². The quantitative estimate of drug-likeness (QED) is 0.112. The van der Waals surface area contributed by atoms with Gasteiger partial charge in [-0.25, -0.2) is 17.5 Å². The number of allylic oxidation sites excluding steroid dienone is 2. The lowest BCUT2D eigenvalue weighted by atomic mass is 9.77. The van der Waals surface area contributed by atoms with Crippen LogP contribution in [0.2, 0.25) is 0 Å². The third-order valence-electron chi connectivity index (χ3n) is 7.08. The molecule has 1 aromatic rings. The molecule has 2 amide bonds. The normalized spacial score (nSPS) is 20.0. The molecule has 1 aliphatic heterocycles. The van der Waals surface area contributed by atoms with E-state index < -0.39 is 99.1 Å². The van der Waals surface area contributed by atoms with E-state index in [0.717, 1.165) is 25.0 Å². The number of ether oxygens (including phenoxy) is 1. The van der Waals surface area contributed by atoms with Gasteiger partial charge in [-0.1, -0.05) is 19.8 Å². The van der Waals surface area contributed by atoms with Gasteiger partial charge in [0.05, 0.1) is 11.9 Å². The first-order valence-corrected chi connectivity index (χ1v) is 15.6. The van der Waals surface area contributed by atoms with E-state index in [9.17, 15) is 44.3 Å². The average Bonchev–Trinajstić information content (AvgIpc) is 3.78. The first-order chi connectivity index (χ1) is 20.9. The molecule has 250 valence electrons. The highest BCUT2D eigenvalue weighted by Crippen LogP contribution is 2.48. The first-order valence-electron chi connectivity index (χ1n) is 14.1. The molecule has 0 aromatic heterocycles. The van der Waals surface area contributed by atoms with Crippen LogP contribution in [-0.2, 0) is 25.2 Å². The molecule has 0 bridgehead atoms. The molecule has 1 aliphatic carbocycles. The summed E-state index contributed by atoms with van der Waals surface area (Å²) in [5, 5.41) is 0.748. The third kappa shape index (κ3) is 9.20. The Morgan fingerprint density at radius 3 is 2.44 bits per heavy atom. The van der Waals surface area contributed by atoms with Crippen molar-refractivity contribution in [2.24, 2.45) is 10.7 Å². The number of amides is 2. The minimum absolute atomic E-state index is 0.246. The second kappa shape index (κ2) is 14.2. The van der Waals surface area contributed by atoms with Crippen molar-refractivity contribution in [3.63, 3.8) is 0 Å². The SMILES string of the molecule is CCCCCN=CC=C(N)C1=C(C(=O)NS(=O)(=O)C2CC2)C(=O)N[C@@](c2ccc(OCCCC(F)(F)F)cc2F)(C(F)(F)F)C1. The molecule has 1 heterocycles. The second-order valence-electron chi connectivity index (χ2n) is 10.7. The summed E-state index contributed by atoms with van der Waals surface area (Å²) in [7, 11) is -4.24. The van der Waals surface area contributed by atoms with Gasteiger partial charge in [-0.15, -0.1) is 0 Å². The molecule has 9 nitrogen and oxygen atoms in total. The van der Waals surface area contributed by atoms with E-state index in [0.29, 0.717) is 25.1 Å². The lowest BCUT2D eigenvalue weighted by Gasteiger charge is -2.41. The number of unbranched alkanes of at least 4 members (excludes halogenated alkanes) is 2. The van der Waals surface area contributed by atoms with Crippen molar-refractivity contribution in [1.82, 2.24) is 10.0 Å². The predicted octanol–water partition coefficient (Wildman–Crippen LogP) is 4.83. The lowest BCUT2D eigenvalue weighted by molar-refractivity contribution is -0.204. The highest BCUT2D eigenvalue weighted by atomic mass is 32.2. The van der Waals surface area contributed by atoms with Gasteiger partial charge in [0.2, 0.25) is 10.0 Å². The van der Waals surface area contributed by atoms with Crippen LogP contribution in [0.25, 0.3) is 0 Å². The Morgan fingerprint density at radius 1 is 1.18 bits per heavy atom. The highest BCUT2D eigenvalue weighted by Gasteiger charge is 2.61. The number of benzene rings is 1. The standard InChI is InChI=1S/C28H33F7N4O5S/c1-2-3-4-12-37-13-10-22(36)19-16-26(28(33,34)35,38-24(40)23(19)25(41)39-45(42,43)18-7-8-18)20-9-6-17(15-21(20)29)44-14-5-11-27(30,31)32/h6,9-10,13,15,18H,2-5,7-8,11-12,14,16,36H2,1H3,(H,38,40)(H,39,41)/t26-/m0/s1. The number of halogens is 7. The number of carbonyl (C=O) groups excluding carboxylic acids is 2. The molecule has 2 aliphatic rings. The van der Waals surface area contributed by atoms with Crippen molar-refractivity contribution in [1.29, 1.82) is 0 Å². The van der Waals surface area contributed by atoms with Crippen LogP contribution in [0, 0.1) is 5.82 Å². The highest BCUT2D eigenvalue weighted by molar-refractivity contribution is 7.91. The Labute approximate surface area is 255 Å². The van der Waals surface area contributed by atoms with Gasteiger partial charge in [-0.3, -0.25) is 14.6 Å². The van der Waals surface area contributed by atoms with Gasteiger partial charge < -0.3 is 15.8 Å². The summed E-state index contributed by atoms with van der Waals surface area (Å²) in [6, 6.07) is 2.07. The summed E-state index contributed by atoms with van der Waals surface area (Å²) in [6.07, 6.45) is -7.68. The molecule has 1 fully saturated rings. The van der Waals surface area contributed by atoms with Gasteiger partial charge in [-0.2, -0.15) is 26.3 Å². The monoisotopic (exact) mass is 670 g/mol. The number of aliphatic imine (C=N–C) groups is 1. The maximum Gasteiger partial charge on any atom is 0.416 e. The number of sulfonamides is 1. The van der Waals surface area contributed by atoms with Gasteiger partial charge in [0, 0.05) is 42.9 Å². The van der Waals surface area contributed by atoms with Crippen molar-refractivity contribution in [2.45, 2.75) is 81.4 Å². The van der Waals surface area contributed by atoms with Crippen LogP contribution < -0.4 is 20.5 Å². The summed E-state index contributed by atoms with van der Waals surface area (Å²) in [5.74, 6) is -5.06. The summed E-state index contributed by atoms with van der Waals surface area (Å²) in [4.78, 5) is 30.4. The van der Waals surface area contributed by atoms with Crippen LogP contribution in [0.5, 0.6) is 5.75 Å². The molecule has 45 heavy (non-hydrogen) atoms. The zero-order chi connectivity index (χ0) is 33.6. The molecule has 0 saturated heterocycles. The number of alkyl halides is 6. The molecule has 0 spiro atoms. The second-order valence-corrected chi connectivity index (χ2v) is 12.6. The van der Waals surface area contributed by atoms with E-state index in [1.54, 1.807) is 10.0 Å². The number of hydrogen-bond donors (Lipinski definition) is 3. The number of nitrogens with one attached hydrogen (secondary N) is 2. The van der Waals surface area contributed by atoms with Gasteiger partial charge >= 0.3 is 12.4 Å². The minimum atomic E-state index is -5.40. The molecule has 4 N–H and O–H groups in total. The Kier molecular flexibility index (Phi) is 11.3. The Morgan fingerprint density at radius 2 is 1.87 bits per heavy atom. The molecule has 1 aromatic carbocycles. The smallest absolute Gasteiger partial charge is 0.416 e. The van der Waals surface area contributed by atoms with Crippen molar-refractivity contribution in [3.8, 4) is 5.75 Å². The van der Waals surface area contributed by atoms with Crippen LogP contribution in [-0.4, -0.2) is 57.2 Å². The van der Waals surface area contributed by atoms with Gasteiger partial charge in [-0.05, 0) is 49.5 Å². The summed E-state index contributed by atoms with van der Waals surface area (Å²) >= 11 is 0. The van der Waals surface area contributed by atoms with Crippen molar-refractivity contribution >= 4 is 28.1 Å². The summed E-state index contributed by atoms with van der Waals surface area (Å²) in [6.45, 7) is 1.82. The Bertz CT molecular complexity index is 1470. The number of nitrogens with two attached hydrogens (primary N) is 1. The van der Waals surface area contributed by atoms with E-state index in [4.69, 9.17) is 10.5 Å². The van der Waals surface area contributed by atoms with Crippen LogP contribution in [0.15, 0.2) is 46.1 Å². The average molecular weight is 671 g/mol. The van der Waals surface area contributed by atoms with Crippen molar-refractivity contribution in [2.75, 3.05) is 13.2 Å². The number of hydrogen-bond acceptors (Lipinski definition) is 7. The first kappa shape index (κ1) is 35.8. The molecule has 1 atom stereocenters. The topological polar surface area (TPSA) is 140 Å². The third-order valence-corrected chi connectivity index (χ3v) is 8.90. The zero-order valence-corrected chi connectivity index (χ0v) is 25.0. The van der Waals surface area contributed by atoms with Crippen LogP contribution in [0.4, 0.5) is 30.7 Å². The predicted molar refractivity (Wildman–Crippen MR) is 150 cm³/mol. The fourth-order valence-corrected chi connectivity index (χ4v) is 5.85. The van der Waals surface area contributed by atoms with Crippen LogP contribution in [0.1, 0.15) is 63.9 Å². The molecule has 0 radical (unpaired) electrons. The van der Waals surface area contributed by atoms with E-state index >= 15 is 4.39 Å². The van der Waals surface area contributed by atoms with E-state index in [2.05, 4.69) is 4.99 Å². The molecular weight excluding hydrogens is 637 g/mol. The zero-order valence-electron chi connectivity index (χ0n) is 24.2. The van der Waals surface area contributed by atoms with Crippen LogP contribution >= 0.6 is 0 Å². The molecule has 3 rings (SSSR count). The molecule has 0 unspecified atom stereocenters. The minimum Gasteiger partial charge on any atom is -0.493 e. The van der Waals surface area contributed by atoms with Gasteiger partial charge in [0.25, 0.3) is 11.8 Å². The van der Waals surface area contributed by atoms with Crippen molar-refractivity contribution in [3.05, 3.63) is 52.5 Å².